The molecule has 0 aliphatic heterocycles. The Morgan fingerprint density at radius 2 is 1.87 bits per heavy atom. The summed E-state index contributed by atoms with van der Waals surface area (Å²) in [4.78, 5) is 29.9. The largest absolute Gasteiger partial charge is 0.455 e. The van der Waals surface area contributed by atoms with Crippen LogP contribution in [-0.4, -0.2) is 16.1 Å². The Morgan fingerprint density at radius 1 is 1.10 bits per heavy atom. The molecule has 2 aromatic heterocycles. The molecule has 0 unspecified atom stereocenters. The predicted octanol–water partition coefficient (Wildman–Crippen LogP) is 4.71. The van der Waals surface area contributed by atoms with E-state index in [0.717, 1.165) is 5.56 Å². The van der Waals surface area contributed by atoms with E-state index in [1.165, 1.54) is 0 Å². The van der Waals surface area contributed by atoms with Crippen molar-refractivity contribution in [2.24, 2.45) is 5.92 Å². The number of fused-ring (bicyclic) bond motifs is 1. The zero-order valence-electron chi connectivity index (χ0n) is 17.5. The first-order valence-corrected chi connectivity index (χ1v) is 10.0. The molecule has 4 aromatic rings. The minimum absolute atomic E-state index is 0.161. The van der Waals surface area contributed by atoms with Crippen LogP contribution < -0.4 is 5.43 Å². The topological polar surface area (TPSA) is 95.4 Å². The molecule has 0 saturated carbocycles. The molecule has 2 heterocycles. The molecule has 7 heteroatoms. The summed E-state index contributed by atoms with van der Waals surface area (Å²) in [5.41, 5.74) is 1.39. The fraction of sp³-hybridized carbons (Fsp3) is 0.250. The molecule has 0 saturated heterocycles. The third-order valence-corrected chi connectivity index (χ3v) is 4.83. The van der Waals surface area contributed by atoms with E-state index in [0.29, 0.717) is 34.9 Å². The molecule has 4 rings (SSSR count). The fourth-order valence-corrected chi connectivity index (χ4v) is 3.34. The lowest BCUT2D eigenvalue weighted by atomic mass is 10.0. The third-order valence-electron chi connectivity index (χ3n) is 4.83. The van der Waals surface area contributed by atoms with Crippen molar-refractivity contribution >= 4 is 16.9 Å². The number of rotatable bonds is 6. The highest BCUT2D eigenvalue weighted by atomic mass is 16.6. The van der Waals surface area contributed by atoms with Gasteiger partial charge in [-0.15, -0.1) is 0 Å². The second-order valence-corrected chi connectivity index (χ2v) is 7.71. The van der Waals surface area contributed by atoms with E-state index in [2.05, 4.69) is 24.0 Å². The molecule has 0 radical (unpaired) electrons. The van der Waals surface area contributed by atoms with Crippen LogP contribution in [-0.2, 0) is 17.8 Å². The number of benzene rings is 2. The minimum atomic E-state index is -0.639. The van der Waals surface area contributed by atoms with Crippen molar-refractivity contribution in [3.05, 3.63) is 81.6 Å². The van der Waals surface area contributed by atoms with E-state index >= 15 is 0 Å². The van der Waals surface area contributed by atoms with Gasteiger partial charge in [0.2, 0.25) is 0 Å². The van der Waals surface area contributed by atoms with E-state index in [-0.39, 0.29) is 29.1 Å². The Kier molecular flexibility index (Phi) is 5.66. The highest BCUT2D eigenvalue weighted by Crippen LogP contribution is 2.27. The zero-order valence-corrected chi connectivity index (χ0v) is 17.5. The van der Waals surface area contributed by atoms with Crippen LogP contribution in [0.4, 0.5) is 0 Å². The summed E-state index contributed by atoms with van der Waals surface area (Å²) in [5, 5.41) is 4.21. The first-order valence-electron chi connectivity index (χ1n) is 10.0. The van der Waals surface area contributed by atoms with Crippen LogP contribution in [0.5, 0.6) is 0 Å². The lowest BCUT2D eigenvalue weighted by Gasteiger charge is -2.10. The molecule has 0 spiro atoms. The Balaban J connectivity index is 1.65. The van der Waals surface area contributed by atoms with Gasteiger partial charge in [0.15, 0.2) is 23.4 Å². The van der Waals surface area contributed by atoms with Crippen LogP contribution in [0.15, 0.2) is 62.3 Å². The number of carbonyl (C=O) groups excluding carboxylic acids is 1. The number of carbonyl (C=O) groups is 1. The number of esters is 1. The van der Waals surface area contributed by atoms with Crippen LogP contribution in [0.25, 0.3) is 22.3 Å². The summed E-state index contributed by atoms with van der Waals surface area (Å²) >= 11 is 0. The van der Waals surface area contributed by atoms with Crippen molar-refractivity contribution in [2.75, 3.05) is 0 Å². The quantitative estimate of drug-likeness (QED) is 0.419. The standard InChI is InChI=1S/C24H22N2O5/c1-14(2)12-19-25-20(31-26-19)13-29-24(28)18-11-7-10-17-21(27)15(3)22(30-23(17)18)16-8-5-4-6-9-16/h4-11,14H,12-13H2,1-3H3. The van der Waals surface area contributed by atoms with Crippen LogP contribution in [0.3, 0.4) is 0 Å². The second-order valence-electron chi connectivity index (χ2n) is 7.71. The molecule has 0 bridgehead atoms. The van der Waals surface area contributed by atoms with E-state index in [9.17, 15) is 9.59 Å². The van der Waals surface area contributed by atoms with Gasteiger partial charge in [-0.2, -0.15) is 4.98 Å². The van der Waals surface area contributed by atoms with Gasteiger partial charge >= 0.3 is 5.97 Å². The molecule has 0 atom stereocenters. The summed E-state index contributed by atoms with van der Waals surface area (Å²) in [5.74, 6) is 0.953. The van der Waals surface area contributed by atoms with E-state index in [1.54, 1.807) is 25.1 Å². The summed E-state index contributed by atoms with van der Waals surface area (Å²) in [6, 6.07) is 14.1. The lowest BCUT2D eigenvalue weighted by Crippen LogP contribution is -2.11. The van der Waals surface area contributed by atoms with Gasteiger partial charge in [-0.1, -0.05) is 55.4 Å². The van der Waals surface area contributed by atoms with E-state index in [1.807, 2.05) is 30.3 Å². The molecule has 158 valence electrons. The minimum Gasteiger partial charge on any atom is -0.455 e. The van der Waals surface area contributed by atoms with Crippen LogP contribution >= 0.6 is 0 Å². The van der Waals surface area contributed by atoms with Crippen molar-refractivity contribution < 1.29 is 18.5 Å². The summed E-state index contributed by atoms with van der Waals surface area (Å²) in [7, 11) is 0. The highest BCUT2D eigenvalue weighted by molar-refractivity contribution is 6.02. The average Bonchev–Trinajstić information content (AvgIpc) is 3.21. The van der Waals surface area contributed by atoms with Crippen molar-refractivity contribution in [1.82, 2.24) is 10.1 Å². The maximum absolute atomic E-state index is 12.9. The Labute approximate surface area is 178 Å². The number of para-hydroxylation sites is 1. The Bertz CT molecular complexity index is 1290. The maximum Gasteiger partial charge on any atom is 0.342 e. The van der Waals surface area contributed by atoms with Crippen LogP contribution in [0.2, 0.25) is 0 Å². The summed E-state index contributed by atoms with van der Waals surface area (Å²) in [6.45, 7) is 5.65. The van der Waals surface area contributed by atoms with E-state index in [4.69, 9.17) is 13.7 Å². The van der Waals surface area contributed by atoms with E-state index < -0.39 is 5.97 Å². The first-order chi connectivity index (χ1) is 14.9. The van der Waals surface area contributed by atoms with Gasteiger partial charge in [-0.3, -0.25) is 4.79 Å². The Hall–Kier alpha value is -3.74. The van der Waals surface area contributed by atoms with Gasteiger partial charge in [0.05, 0.1) is 5.39 Å². The molecule has 2 aromatic carbocycles. The van der Waals surface area contributed by atoms with Gasteiger partial charge in [-0.25, -0.2) is 4.79 Å². The first kappa shape index (κ1) is 20.5. The third kappa shape index (κ3) is 4.26. The van der Waals surface area contributed by atoms with Gasteiger partial charge in [0, 0.05) is 17.5 Å². The highest BCUT2D eigenvalue weighted by Gasteiger charge is 2.20. The van der Waals surface area contributed by atoms with Crippen molar-refractivity contribution in [2.45, 2.75) is 33.8 Å². The normalized spacial score (nSPS) is 11.2. The van der Waals surface area contributed by atoms with Gasteiger partial charge in [0.25, 0.3) is 5.89 Å². The second kappa shape index (κ2) is 8.55. The number of ether oxygens (including phenoxy) is 1. The average molecular weight is 418 g/mol. The smallest absolute Gasteiger partial charge is 0.342 e. The summed E-state index contributed by atoms with van der Waals surface area (Å²) < 4.78 is 16.6. The van der Waals surface area contributed by atoms with Crippen LogP contribution in [0.1, 0.15) is 41.5 Å². The number of nitrogens with zero attached hydrogens (tertiary/aromatic N) is 2. The van der Waals surface area contributed by atoms with Crippen molar-refractivity contribution in [3.63, 3.8) is 0 Å². The number of hydrogen-bond acceptors (Lipinski definition) is 7. The number of hydrogen-bond donors (Lipinski definition) is 0. The fourth-order valence-electron chi connectivity index (χ4n) is 3.34. The molecular formula is C24H22N2O5. The van der Waals surface area contributed by atoms with Gasteiger partial charge in [-0.05, 0) is 25.0 Å². The molecule has 0 aliphatic carbocycles. The maximum atomic E-state index is 12.9. The van der Waals surface area contributed by atoms with Gasteiger partial charge < -0.3 is 13.7 Å². The Morgan fingerprint density at radius 3 is 2.61 bits per heavy atom. The molecular weight excluding hydrogens is 396 g/mol. The SMILES string of the molecule is Cc1c(-c2ccccc2)oc2c(C(=O)OCc3nc(CC(C)C)no3)cccc2c1=O. The van der Waals surface area contributed by atoms with Crippen molar-refractivity contribution in [3.8, 4) is 11.3 Å². The lowest BCUT2D eigenvalue weighted by molar-refractivity contribution is 0.0431. The predicted molar refractivity (Wildman–Crippen MR) is 115 cm³/mol. The molecule has 0 amide bonds. The number of aromatic nitrogens is 2. The monoisotopic (exact) mass is 418 g/mol. The van der Waals surface area contributed by atoms with Gasteiger partial charge in [0.1, 0.15) is 11.3 Å². The van der Waals surface area contributed by atoms with Crippen molar-refractivity contribution in [1.29, 1.82) is 0 Å². The van der Waals surface area contributed by atoms with Crippen LogP contribution in [0, 0.1) is 12.8 Å². The summed E-state index contributed by atoms with van der Waals surface area (Å²) in [6.07, 6.45) is 0.674. The molecule has 31 heavy (non-hydrogen) atoms. The molecule has 0 aliphatic rings. The molecule has 0 N–H and O–H groups in total. The zero-order chi connectivity index (χ0) is 22.0. The molecule has 0 fully saturated rings. The molecule has 7 nitrogen and oxygen atoms in total.